The van der Waals surface area contributed by atoms with Gasteiger partial charge in [0.2, 0.25) is 18.5 Å². The van der Waals surface area contributed by atoms with Crippen molar-refractivity contribution in [1.29, 1.82) is 0 Å². The van der Waals surface area contributed by atoms with E-state index in [2.05, 4.69) is 20.7 Å². The maximum absolute atomic E-state index is 12.9. The average Bonchev–Trinajstić information content (AvgIpc) is 3.40. The standard InChI is InChI=1S/C19H16F3N5O3/c1-11(18(28)23-9-12-5-6-15-16(7-12)30-10-29-15)27-25-17(24-26-27)13-3-2-4-14(8-13)19(20,21)22/h2-8,11H,9-10H2,1H3,(H,23,28). The van der Waals surface area contributed by atoms with Crippen LogP contribution in [0, 0.1) is 0 Å². The zero-order valence-corrected chi connectivity index (χ0v) is 15.7. The number of halogens is 3. The molecule has 0 fully saturated rings. The molecule has 0 spiro atoms. The van der Waals surface area contributed by atoms with E-state index in [9.17, 15) is 18.0 Å². The van der Waals surface area contributed by atoms with E-state index in [0.29, 0.717) is 11.5 Å². The van der Waals surface area contributed by atoms with E-state index in [1.165, 1.54) is 12.1 Å². The van der Waals surface area contributed by atoms with Gasteiger partial charge in [-0.2, -0.15) is 18.0 Å². The predicted molar refractivity (Wildman–Crippen MR) is 97.4 cm³/mol. The minimum atomic E-state index is -4.48. The van der Waals surface area contributed by atoms with Gasteiger partial charge in [0.1, 0.15) is 6.04 Å². The van der Waals surface area contributed by atoms with Gasteiger partial charge in [0.05, 0.1) is 5.56 Å². The van der Waals surface area contributed by atoms with Crippen LogP contribution < -0.4 is 14.8 Å². The van der Waals surface area contributed by atoms with Crippen molar-refractivity contribution in [3.05, 3.63) is 53.6 Å². The summed E-state index contributed by atoms with van der Waals surface area (Å²) in [5.74, 6) is 0.878. The Morgan fingerprint density at radius 1 is 1.20 bits per heavy atom. The molecule has 1 aliphatic rings. The molecule has 0 saturated heterocycles. The van der Waals surface area contributed by atoms with E-state index in [-0.39, 0.29) is 30.6 Å². The quantitative estimate of drug-likeness (QED) is 0.684. The molecule has 156 valence electrons. The highest BCUT2D eigenvalue weighted by molar-refractivity contribution is 5.79. The number of hydrogen-bond donors (Lipinski definition) is 1. The minimum Gasteiger partial charge on any atom is -0.454 e. The first kappa shape index (κ1) is 19.7. The third-order valence-corrected chi connectivity index (χ3v) is 4.51. The van der Waals surface area contributed by atoms with Gasteiger partial charge in [-0.15, -0.1) is 10.2 Å². The number of nitrogens with one attached hydrogen (secondary N) is 1. The number of amides is 1. The number of aromatic nitrogens is 4. The Balaban J connectivity index is 1.42. The Morgan fingerprint density at radius 3 is 2.80 bits per heavy atom. The van der Waals surface area contributed by atoms with Gasteiger partial charge in [0.15, 0.2) is 11.5 Å². The predicted octanol–water partition coefficient (Wildman–Crippen LogP) is 2.97. The number of benzene rings is 2. The van der Waals surface area contributed by atoms with Gasteiger partial charge >= 0.3 is 6.18 Å². The maximum Gasteiger partial charge on any atom is 0.416 e. The van der Waals surface area contributed by atoms with E-state index in [4.69, 9.17) is 9.47 Å². The van der Waals surface area contributed by atoms with E-state index in [1.807, 2.05) is 0 Å². The Labute approximate surface area is 168 Å². The van der Waals surface area contributed by atoms with Crippen molar-refractivity contribution in [2.75, 3.05) is 6.79 Å². The zero-order valence-electron chi connectivity index (χ0n) is 15.7. The summed E-state index contributed by atoms with van der Waals surface area (Å²) in [6, 6.07) is 9.12. The van der Waals surface area contributed by atoms with E-state index < -0.39 is 17.8 Å². The van der Waals surface area contributed by atoms with Gasteiger partial charge in [0.25, 0.3) is 0 Å². The van der Waals surface area contributed by atoms with Crippen molar-refractivity contribution in [2.24, 2.45) is 0 Å². The van der Waals surface area contributed by atoms with Gasteiger partial charge in [-0.05, 0) is 42.0 Å². The van der Waals surface area contributed by atoms with Gasteiger partial charge < -0.3 is 14.8 Å². The molecular formula is C19H16F3N5O3. The molecule has 8 nitrogen and oxygen atoms in total. The van der Waals surface area contributed by atoms with Crippen molar-refractivity contribution >= 4 is 5.91 Å². The molecule has 1 unspecified atom stereocenters. The number of fused-ring (bicyclic) bond motifs is 1. The van der Waals surface area contributed by atoms with Crippen molar-refractivity contribution in [1.82, 2.24) is 25.5 Å². The molecule has 1 atom stereocenters. The fourth-order valence-corrected chi connectivity index (χ4v) is 2.83. The molecule has 11 heteroatoms. The zero-order chi connectivity index (χ0) is 21.3. The second-order valence-electron chi connectivity index (χ2n) is 6.59. The SMILES string of the molecule is CC(C(=O)NCc1ccc2c(c1)OCO2)n1nnc(-c2cccc(C(F)(F)F)c2)n1. The van der Waals surface area contributed by atoms with Crippen LogP contribution in [0.2, 0.25) is 0 Å². The molecular weight excluding hydrogens is 403 g/mol. The molecule has 1 N–H and O–H groups in total. The summed E-state index contributed by atoms with van der Waals surface area (Å²) in [4.78, 5) is 13.5. The number of tetrazole rings is 1. The van der Waals surface area contributed by atoms with Crippen LogP contribution in [-0.2, 0) is 17.5 Å². The van der Waals surface area contributed by atoms with Crippen LogP contribution in [0.3, 0.4) is 0 Å². The third-order valence-electron chi connectivity index (χ3n) is 4.51. The molecule has 1 aliphatic heterocycles. The van der Waals surface area contributed by atoms with Crippen LogP contribution >= 0.6 is 0 Å². The normalized spacial score (nSPS) is 13.9. The highest BCUT2D eigenvalue weighted by atomic mass is 19.4. The molecule has 0 radical (unpaired) electrons. The van der Waals surface area contributed by atoms with Crippen LogP contribution in [0.4, 0.5) is 13.2 Å². The number of ether oxygens (including phenoxy) is 2. The number of nitrogens with zero attached hydrogens (tertiary/aromatic N) is 4. The third kappa shape index (κ3) is 4.04. The van der Waals surface area contributed by atoms with Gasteiger partial charge in [-0.3, -0.25) is 4.79 Å². The summed E-state index contributed by atoms with van der Waals surface area (Å²) in [6.07, 6.45) is -4.48. The maximum atomic E-state index is 12.9. The van der Waals surface area contributed by atoms with Crippen molar-refractivity contribution < 1.29 is 27.4 Å². The number of rotatable bonds is 5. The number of alkyl halides is 3. The minimum absolute atomic E-state index is 0.00322. The van der Waals surface area contributed by atoms with Crippen molar-refractivity contribution in [3.63, 3.8) is 0 Å². The van der Waals surface area contributed by atoms with Crippen LogP contribution in [0.25, 0.3) is 11.4 Å². The largest absolute Gasteiger partial charge is 0.454 e. The second-order valence-corrected chi connectivity index (χ2v) is 6.59. The van der Waals surface area contributed by atoms with Gasteiger partial charge in [-0.25, -0.2) is 0 Å². The lowest BCUT2D eigenvalue weighted by Crippen LogP contribution is -2.31. The molecule has 2 heterocycles. The summed E-state index contributed by atoms with van der Waals surface area (Å²) in [6.45, 7) is 1.97. The Hall–Kier alpha value is -3.63. The summed E-state index contributed by atoms with van der Waals surface area (Å²) < 4.78 is 49.2. The van der Waals surface area contributed by atoms with Crippen LogP contribution in [0.5, 0.6) is 11.5 Å². The lowest BCUT2D eigenvalue weighted by atomic mass is 10.1. The number of hydrogen-bond acceptors (Lipinski definition) is 6. The van der Waals surface area contributed by atoms with E-state index in [1.54, 1.807) is 25.1 Å². The fraction of sp³-hybridized carbons (Fsp3) is 0.263. The van der Waals surface area contributed by atoms with E-state index in [0.717, 1.165) is 22.5 Å². The molecule has 3 aromatic rings. The number of carbonyl (C=O) groups is 1. The van der Waals surface area contributed by atoms with Gasteiger partial charge in [0, 0.05) is 12.1 Å². The van der Waals surface area contributed by atoms with Gasteiger partial charge in [-0.1, -0.05) is 18.2 Å². The van der Waals surface area contributed by atoms with E-state index >= 15 is 0 Å². The summed E-state index contributed by atoms with van der Waals surface area (Å²) >= 11 is 0. The first-order chi connectivity index (χ1) is 14.3. The average molecular weight is 419 g/mol. The summed E-state index contributed by atoms with van der Waals surface area (Å²) in [5.41, 5.74) is 0.158. The molecule has 0 bridgehead atoms. The van der Waals surface area contributed by atoms with Crippen LogP contribution in [0.15, 0.2) is 42.5 Å². The van der Waals surface area contributed by atoms with Crippen LogP contribution in [-0.4, -0.2) is 32.9 Å². The lowest BCUT2D eigenvalue weighted by molar-refractivity contribution is -0.137. The fourth-order valence-electron chi connectivity index (χ4n) is 2.83. The highest BCUT2D eigenvalue weighted by Crippen LogP contribution is 2.33. The molecule has 0 saturated carbocycles. The smallest absolute Gasteiger partial charge is 0.416 e. The molecule has 4 rings (SSSR count). The Bertz CT molecular complexity index is 1080. The molecule has 1 aromatic heterocycles. The summed E-state index contributed by atoms with van der Waals surface area (Å²) in [7, 11) is 0. The first-order valence-corrected chi connectivity index (χ1v) is 8.94. The van der Waals surface area contributed by atoms with Crippen molar-refractivity contribution in [2.45, 2.75) is 25.7 Å². The molecule has 2 aromatic carbocycles. The monoisotopic (exact) mass is 419 g/mol. The Morgan fingerprint density at radius 2 is 2.00 bits per heavy atom. The Kier molecular flexibility index (Phi) is 5.02. The van der Waals surface area contributed by atoms with Crippen LogP contribution in [0.1, 0.15) is 24.1 Å². The topological polar surface area (TPSA) is 91.2 Å². The first-order valence-electron chi connectivity index (χ1n) is 8.94. The highest BCUT2D eigenvalue weighted by Gasteiger charge is 2.31. The van der Waals surface area contributed by atoms with Crippen molar-refractivity contribution in [3.8, 4) is 22.9 Å². The lowest BCUT2D eigenvalue weighted by Gasteiger charge is -2.11. The molecule has 0 aliphatic carbocycles. The summed E-state index contributed by atoms with van der Waals surface area (Å²) in [5, 5.41) is 14.4. The number of carbonyl (C=O) groups excluding carboxylic acids is 1. The second kappa shape index (κ2) is 7.65. The molecule has 30 heavy (non-hydrogen) atoms. The molecule has 1 amide bonds.